The Bertz CT molecular complexity index is 1290. The van der Waals surface area contributed by atoms with Crippen molar-refractivity contribution >= 4 is 43.9 Å². The van der Waals surface area contributed by atoms with Crippen LogP contribution < -0.4 is 10.6 Å². The van der Waals surface area contributed by atoms with Crippen LogP contribution in [0.3, 0.4) is 0 Å². The molecule has 0 saturated heterocycles. The summed E-state index contributed by atoms with van der Waals surface area (Å²) in [5.74, 6) is -1.06. The normalized spacial score (nSPS) is 17.8. The van der Waals surface area contributed by atoms with Crippen LogP contribution in [0.25, 0.3) is 5.57 Å². The molecule has 11 heteroatoms. The highest BCUT2D eigenvalue weighted by Crippen LogP contribution is 2.40. The number of hydrogen-bond donors (Lipinski definition) is 2. The number of anilines is 1. The molecule has 9 nitrogen and oxygen atoms in total. The zero-order chi connectivity index (χ0) is 24.2. The zero-order valence-corrected chi connectivity index (χ0v) is 20.0. The molecule has 33 heavy (non-hydrogen) atoms. The first-order valence-corrected chi connectivity index (χ1v) is 12.2. The first kappa shape index (κ1) is 24.3. The molecule has 0 saturated carbocycles. The van der Waals surface area contributed by atoms with Crippen LogP contribution in [0.1, 0.15) is 29.4 Å². The number of nitrogens with one attached hydrogen (secondary N) is 2. The average molecular weight is 486 g/mol. The number of sulfonamides is 1. The number of rotatable bonds is 7. The summed E-state index contributed by atoms with van der Waals surface area (Å²) in [7, 11) is -0.881. The number of allylic oxidation sites excluding steroid dienone is 4. The van der Waals surface area contributed by atoms with E-state index < -0.39 is 27.3 Å². The van der Waals surface area contributed by atoms with Gasteiger partial charge in [-0.15, -0.1) is 11.3 Å². The van der Waals surface area contributed by atoms with E-state index in [1.54, 1.807) is 5.38 Å². The Morgan fingerprint density at radius 2 is 2.09 bits per heavy atom. The molecule has 0 bridgehead atoms. The van der Waals surface area contributed by atoms with Gasteiger partial charge in [0.25, 0.3) is 5.91 Å². The Morgan fingerprint density at radius 1 is 1.33 bits per heavy atom. The van der Waals surface area contributed by atoms with Crippen molar-refractivity contribution < 1.29 is 18.0 Å². The number of amides is 2. The van der Waals surface area contributed by atoms with Gasteiger partial charge in [0.05, 0.1) is 28.6 Å². The minimum absolute atomic E-state index is 0.0175. The molecule has 2 amide bonds. The van der Waals surface area contributed by atoms with Gasteiger partial charge in [-0.2, -0.15) is 5.26 Å². The van der Waals surface area contributed by atoms with Crippen LogP contribution in [-0.2, 0) is 14.8 Å². The van der Waals surface area contributed by atoms with E-state index in [1.807, 2.05) is 25.2 Å². The summed E-state index contributed by atoms with van der Waals surface area (Å²) in [5, 5.41) is 16.8. The number of carbonyl (C=O) groups is 2. The monoisotopic (exact) mass is 485 g/mol. The highest BCUT2D eigenvalue weighted by atomic mass is 32.2. The Labute approximate surface area is 196 Å². The molecule has 0 spiro atoms. The number of hydrogen-bond acceptors (Lipinski definition) is 7. The molecule has 1 aliphatic carbocycles. The summed E-state index contributed by atoms with van der Waals surface area (Å²) in [5.41, 5.74) is 0.833. The van der Waals surface area contributed by atoms with Gasteiger partial charge in [-0.3, -0.25) is 9.59 Å². The van der Waals surface area contributed by atoms with Crippen LogP contribution in [0.4, 0.5) is 5.13 Å². The maximum atomic E-state index is 12.4. The van der Waals surface area contributed by atoms with E-state index in [-0.39, 0.29) is 17.0 Å². The van der Waals surface area contributed by atoms with E-state index in [0.717, 1.165) is 9.88 Å². The molecule has 172 valence electrons. The molecular formula is C22H23N5O4S2. The first-order valence-electron chi connectivity index (χ1n) is 9.92. The lowest BCUT2D eigenvalue weighted by Crippen LogP contribution is -2.33. The minimum atomic E-state index is -3.68. The second-order valence-electron chi connectivity index (χ2n) is 7.74. The van der Waals surface area contributed by atoms with Crippen molar-refractivity contribution in [2.45, 2.75) is 18.2 Å². The van der Waals surface area contributed by atoms with Crippen LogP contribution in [0, 0.1) is 16.7 Å². The second kappa shape index (κ2) is 9.66. The van der Waals surface area contributed by atoms with Gasteiger partial charge in [-0.05, 0) is 37.1 Å². The fourth-order valence-electron chi connectivity index (χ4n) is 3.13. The summed E-state index contributed by atoms with van der Waals surface area (Å²) in [4.78, 5) is 29.1. The zero-order valence-electron chi connectivity index (χ0n) is 18.3. The topological polar surface area (TPSA) is 132 Å². The standard InChI is InChI=1S/C22H23N5O4S2/c1-22(14-23)10-5-4-9-17(22)18-13-32-21(25-18)26-19(28)12-24-20(29)15-7-6-8-16(11-15)33(30,31)27(2)3/h4-9,11,13H,10,12H2,1-3H3,(H,24,29)(H,25,26,28). The summed E-state index contributed by atoms with van der Waals surface area (Å²) in [6, 6.07) is 7.90. The lowest BCUT2D eigenvalue weighted by Gasteiger charge is -2.24. The molecule has 3 rings (SSSR count). The third kappa shape index (κ3) is 5.36. The molecule has 2 aromatic rings. The van der Waals surface area contributed by atoms with Crippen molar-refractivity contribution in [1.82, 2.24) is 14.6 Å². The van der Waals surface area contributed by atoms with Gasteiger partial charge in [0.1, 0.15) is 0 Å². The number of nitrogens with zero attached hydrogens (tertiary/aromatic N) is 3. The van der Waals surface area contributed by atoms with Gasteiger partial charge in [0, 0.05) is 25.0 Å². The molecule has 0 fully saturated rings. The van der Waals surface area contributed by atoms with Crippen molar-refractivity contribution in [2.24, 2.45) is 5.41 Å². The minimum Gasteiger partial charge on any atom is -0.343 e. The lowest BCUT2D eigenvalue weighted by molar-refractivity contribution is -0.115. The summed E-state index contributed by atoms with van der Waals surface area (Å²) in [6.45, 7) is 1.52. The predicted molar refractivity (Wildman–Crippen MR) is 126 cm³/mol. The smallest absolute Gasteiger partial charge is 0.251 e. The fraction of sp³-hybridized carbons (Fsp3) is 0.273. The quantitative estimate of drug-likeness (QED) is 0.620. The predicted octanol–water partition coefficient (Wildman–Crippen LogP) is 2.64. The largest absolute Gasteiger partial charge is 0.343 e. The van der Waals surface area contributed by atoms with Gasteiger partial charge >= 0.3 is 0 Å². The Morgan fingerprint density at radius 3 is 2.79 bits per heavy atom. The maximum absolute atomic E-state index is 12.4. The van der Waals surface area contributed by atoms with Crippen LogP contribution in [0.2, 0.25) is 0 Å². The van der Waals surface area contributed by atoms with E-state index in [1.165, 1.54) is 49.7 Å². The average Bonchev–Trinajstić information content (AvgIpc) is 3.25. The fourth-order valence-corrected chi connectivity index (χ4v) is 4.80. The van der Waals surface area contributed by atoms with E-state index in [0.29, 0.717) is 17.2 Å². The van der Waals surface area contributed by atoms with Crippen LogP contribution >= 0.6 is 11.3 Å². The van der Waals surface area contributed by atoms with E-state index in [9.17, 15) is 23.3 Å². The molecule has 1 unspecified atom stereocenters. The highest BCUT2D eigenvalue weighted by molar-refractivity contribution is 7.89. The highest BCUT2D eigenvalue weighted by Gasteiger charge is 2.31. The molecule has 1 aromatic carbocycles. The van der Waals surface area contributed by atoms with Gasteiger partial charge < -0.3 is 10.6 Å². The van der Waals surface area contributed by atoms with Gasteiger partial charge in [-0.25, -0.2) is 17.7 Å². The van der Waals surface area contributed by atoms with E-state index in [2.05, 4.69) is 21.7 Å². The van der Waals surface area contributed by atoms with Crippen molar-refractivity contribution in [3.8, 4) is 6.07 Å². The molecule has 0 aliphatic heterocycles. The molecular weight excluding hydrogens is 462 g/mol. The summed E-state index contributed by atoms with van der Waals surface area (Å²) in [6.07, 6.45) is 6.23. The molecule has 0 radical (unpaired) electrons. The van der Waals surface area contributed by atoms with E-state index >= 15 is 0 Å². The van der Waals surface area contributed by atoms with Gasteiger partial charge in [-0.1, -0.05) is 24.3 Å². The maximum Gasteiger partial charge on any atom is 0.251 e. The summed E-state index contributed by atoms with van der Waals surface area (Å²) < 4.78 is 25.6. The molecule has 2 N–H and O–H groups in total. The van der Waals surface area contributed by atoms with Crippen LogP contribution in [-0.4, -0.2) is 50.2 Å². The van der Waals surface area contributed by atoms with Gasteiger partial charge in [0.15, 0.2) is 5.13 Å². The number of benzene rings is 1. The number of carbonyl (C=O) groups excluding carboxylic acids is 2. The van der Waals surface area contributed by atoms with Crippen molar-refractivity contribution in [3.05, 3.63) is 59.1 Å². The molecule has 1 atom stereocenters. The van der Waals surface area contributed by atoms with Crippen LogP contribution in [0.5, 0.6) is 0 Å². The molecule has 1 aromatic heterocycles. The van der Waals surface area contributed by atoms with Gasteiger partial charge in [0.2, 0.25) is 15.9 Å². The second-order valence-corrected chi connectivity index (χ2v) is 10.8. The Hall–Kier alpha value is -3.33. The van der Waals surface area contributed by atoms with Crippen molar-refractivity contribution in [1.29, 1.82) is 5.26 Å². The molecule has 1 heterocycles. The number of thiazole rings is 1. The first-order chi connectivity index (χ1) is 15.6. The van der Waals surface area contributed by atoms with E-state index in [4.69, 9.17) is 0 Å². The SMILES string of the molecule is CN(C)S(=O)(=O)c1cccc(C(=O)NCC(=O)Nc2nc(C3=CC=CCC3(C)C#N)cs2)c1. The Kier molecular flexibility index (Phi) is 7.12. The third-order valence-corrected chi connectivity index (χ3v) is 7.65. The van der Waals surface area contributed by atoms with Crippen molar-refractivity contribution in [3.63, 3.8) is 0 Å². The van der Waals surface area contributed by atoms with Crippen molar-refractivity contribution in [2.75, 3.05) is 26.0 Å². The molecule has 1 aliphatic rings. The lowest BCUT2D eigenvalue weighted by atomic mass is 9.76. The summed E-state index contributed by atoms with van der Waals surface area (Å²) >= 11 is 1.22. The number of aromatic nitrogens is 1. The number of nitriles is 1. The third-order valence-electron chi connectivity index (χ3n) is 5.08. The van der Waals surface area contributed by atoms with Crippen LogP contribution in [0.15, 0.2) is 52.8 Å². The Balaban J connectivity index is 1.62.